The molecule has 150 valence electrons. The third-order valence-electron chi connectivity index (χ3n) is 5.55. The number of fused-ring (bicyclic) bond motifs is 1. The Kier molecular flexibility index (Phi) is 4.13. The molecule has 5 rings (SSSR count). The summed E-state index contributed by atoms with van der Waals surface area (Å²) in [6, 6.07) is 13.9. The minimum absolute atomic E-state index is 0.176. The van der Waals surface area contributed by atoms with Crippen LogP contribution >= 0.6 is 0 Å². The summed E-state index contributed by atoms with van der Waals surface area (Å²) in [6.07, 6.45) is 1.98. The molecular weight excluding hydrogens is 386 g/mol. The fraction of sp³-hybridized carbons (Fsp3) is 0.182. The molecule has 3 aromatic rings. The molecule has 2 amide bonds. The van der Waals surface area contributed by atoms with Gasteiger partial charge in [-0.15, -0.1) is 0 Å². The maximum atomic E-state index is 12.8. The van der Waals surface area contributed by atoms with Crippen LogP contribution in [0.1, 0.15) is 11.1 Å². The van der Waals surface area contributed by atoms with Crippen molar-refractivity contribution in [1.82, 2.24) is 0 Å². The Labute approximate surface area is 171 Å². The molecule has 3 aromatic carbocycles. The third-order valence-corrected chi connectivity index (χ3v) is 5.55. The lowest BCUT2D eigenvalue weighted by Gasteiger charge is -2.28. The molecule has 1 heterocycles. The average Bonchev–Trinajstić information content (AvgIpc) is 3.16. The summed E-state index contributed by atoms with van der Waals surface area (Å²) in [6.45, 7) is -0.488. The maximum Gasteiger partial charge on any atom is 0.271 e. The summed E-state index contributed by atoms with van der Waals surface area (Å²) >= 11 is 0. The van der Waals surface area contributed by atoms with Crippen LogP contribution in [-0.2, 0) is 22.4 Å². The van der Waals surface area contributed by atoms with E-state index in [0.29, 0.717) is 11.4 Å². The van der Waals surface area contributed by atoms with Crippen molar-refractivity contribution in [1.29, 1.82) is 0 Å². The standard InChI is InChI=1S/C22H17N3O5/c26-20(23-17-8-6-14-5-4-13-2-1-3-16(17)22(13)14)11-24-18-10-15(25(28)29)7-9-19(18)30-12-21(24)27/h1-3,6-10H,4-5,11-12H2,(H,23,26). The molecule has 0 unspecified atom stereocenters. The van der Waals surface area contributed by atoms with Gasteiger partial charge in [-0.3, -0.25) is 24.6 Å². The van der Waals surface area contributed by atoms with E-state index in [1.807, 2.05) is 24.3 Å². The van der Waals surface area contributed by atoms with E-state index in [9.17, 15) is 19.7 Å². The smallest absolute Gasteiger partial charge is 0.271 e. The van der Waals surface area contributed by atoms with E-state index >= 15 is 0 Å². The zero-order chi connectivity index (χ0) is 20.8. The van der Waals surface area contributed by atoms with Crippen LogP contribution in [0.5, 0.6) is 5.75 Å². The quantitative estimate of drug-likeness (QED) is 0.532. The average molecular weight is 403 g/mol. The highest BCUT2D eigenvalue weighted by Crippen LogP contribution is 2.36. The van der Waals surface area contributed by atoms with Crippen LogP contribution in [0.2, 0.25) is 0 Å². The lowest BCUT2D eigenvalue weighted by molar-refractivity contribution is -0.384. The van der Waals surface area contributed by atoms with Crippen molar-refractivity contribution in [3.63, 3.8) is 0 Å². The van der Waals surface area contributed by atoms with Crippen LogP contribution in [0.15, 0.2) is 48.5 Å². The van der Waals surface area contributed by atoms with Crippen LogP contribution in [0.25, 0.3) is 10.8 Å². The second-order valence-corrected chi connectivity index (χ2v) is 7.34. The van der Waals surface area contributed by atoms with Gasteiger partial charge in [0.25, 0.3) is 11.6 Å². The van der Waals surface area contributed by atoms with Crippen molar-refractivity contribution >= 4 is 39.6 Å². The molecule has 1 aliphatic heterocycles. The van der Waals surface area contributed by atoms with Crippen molar-refractivity contribution < 1.29 is 19.2 Å². The van der Waals surface area contributed by atoms with Crippen LogP contribution in [-0.4, -0.2) is 29.9 Å². The van der Waals surface area contributed by atoms with Crippen molar-refractivity contribution in [2.75, 3.05) is 23.4 Å². The highest BCUT2D eigenvalue weighted by Gasteiger charge is 2.29. The van der Waals surface area contributed by atoms with Gasteiger partial charge in [0.2, 0.25) is 5.91 Å². The van der Waals surface area contributed by atoms with E-state index in [-0.39, 0.29) is 30.4 Å². The molecule has 0 bridgehead atoms. The van der Waals surface area contributed by atoms with Gasteiger partial charge in [0.15, 0.2) is 6.61 Å². The molecule has 2 aliphatic rings. The van der Waals surface area contributed by atoms with E-state index in [4.69, 9.17) is 4.74 Å². The number of carbonyl (C=O) groups is 2. The minimum atomic E-state index is -0.551. The number of non-ortho nitro benzene ring substituents is 1. The SMILES string of the molecule is O=C(CN1C(=O)COc2ccc([N+](=O)[O-])cc21)Nc1ccc2c3c(cccc13)CC2. The van der Waals surface area contributed by atoms with Gasteiger partial charge in [-0.25, -0.2) is 0 Å². The van der Waals surface area contributed by atoms with E-state index < -0.39 is 10.8 Å². The number of carbonyl (C=O) groups excluding carboxylic acids is 2. The third kappa shape index (κ3) is 2.93. The number of nitro benzene ring substituents is 1. The van der Waals surface area contributed by atoms with Gasteiger partial charge in [0, 0.05) is 23.2 Å². The largest absolute Gasteiger partial charge is 0.482 e. The summed E-state index contributed by atoms with van der Waals surface area (Å²) in [7, 11) is 0. The molecule has 0 saturated heterocycles. The molecule has 0 atom stereocenters. The lowest BCUT2D eigenvalue weighted by Crippen LogP contribution is -2.43. The Morgan fingerprint density at radius 1 is 1.13 bits per heavy atom. The Morgan fingerprint density at radius 2 is 1.93 bits per heavy atom. The zero-order valence-electron chi connectivity index (χ0n) is 15.9. The van der Waals surface area contributed by atoms with Gasteiger partial charge in [-0.2, -0.15) is 0 Å². The summed E-state index contributed by atoms with van der Waals surface area (Å²) in [5.41, 5.74) is 3.26. The number of hydrogen-bond donors (Lipinski definition) is 1. The molecule has 0 aromatic heterocycles. The summed E-state index contributed by atoms with van der Waals surface area (Å²) in [5, 5.41) is 16.2. The second-order valence-electron chi connectivity index (χ2n) is 7.34. The molecule has 30 heavy (non-hydrogen) atoms. The molecule has 8 heteroatoms. The van der Waals surface area contributed by atoms with Crippen LogP contribution in [0.4, 0.5) is 17.1 Å². The highest BCUT2D eigenvalue weighted by atomic mass is 16.6. The molecular formula is C22H17N3O5. The van der Waals surface area contributed by atoms with E-state index in [2.05, 4.69) is 11.4 Å². The van der Waals surface area contributed by atoms with Gasteiger partial charge in [0.05, 0.1) is 10.6 Å². The monoisotopic (exact) mass is 403 g/mol. The van der Waals surface area contributed by atoms with Crippen LogP contribution < -0.4 is 15.0 Å². The highest BCUT2D eigenvalue weighted by molar-refractivity contribution is 6.09. The van der Waals surface area contributed by atoms with Gasteiger partial charge >= 0.3 is 0 Å². The van der Waals surface area contributed by atoms with Crippen molar-refractivity contribution in [2.24, 2.45) is 0 Å². The first kappa shape index (κ1) is 18.1. The van der Waals surface area contributed by atoms with E-state index in [0.717, 1.165) is 18.2 Å². The molecule has 1 aliphatic carbocycles. The number of nitrogens with zero attached hydrogens (tertiary/aromatic N) is 2. The van der Waals surface area contributed by atoms with Gasteiger partial charge in [-0.1, -0.05) is 24.3 Å². The second kappa shape index (κ2) is 6.84. The fourth-order valence-corrected chi connectivity index (χ4v) is 4.17. The number of aryl methyl sites for hydroxylation is 2. The minimum Gasteiger partial charge on any atom is -0.482 e. The number of rotatable bonds is 4. The van der Waals surface area contributed by atoms with Crippen molar-refractivity contribution in [3.05, 3.63) is 69.8 Å². The topological polar surface area (TPSA) is 102 Å². The number of nitrogens with one attached hydrogen (secondary N) is 1. The summed E-state index contributed by atoms with van der Waals surface area (Å²) in [4.78, 5) is 37.0. The predicted octanol–water partition coefficient (Wildman–Crippen LogP) is 3.21. The Bertz CT molecular complexity index is 1230. The lowest BCUT2D eigenvalue weighted by atomic mass is 10.0. The van der Waals surface area contributed by atoms with Crippen LogP contribution in [0, 0.1) is 10.1 Å². The Morgan fingerprint density at radius 3 is 2.73 bits per heavy atom. The summed E-state index contributed by atoms with van der Waals surface area (Å²) < 4.78 is 5.35. The molecule has 0 fully saturated rings. The van der Waals surface area contributed by atoms with Crippen molar-refractivity contribution in [2.45, 2.75) is 12.8 Å². The number of anilines is 2. The first-order valence-electron chi connectivity index (χ1n) is 9.56. The number of amides is 2. The Hall–Kier alpha value is -3.94. The zero-order valence-corrected chi connectivity index (χ0v) is 15.9. The molecule has 8 nitrogen and oxygen atoms in total. The van der Waals surface area contributed by atoms with E-state index in [1.54, 1.807) is 0 Å². The van der Waals surface area contributed by atoms with Gasteiger partial charge in [0.1, 0.15) is 12.3 Å². The van der Waals surface area contributed by atoms with E-state index in [1.165, 1.54) is 39.6 Å². The maximum absolute atomic E-state index is 12.8. The number of benzene rings is 3. The fourth-order valence-electron chi connectivity index (χ4n) is 4.17. The number of nitro groups is 1. The number of ether oxygens (including phenoxy) is 1. The van der Waals surface area contributed by atoms with Gasteiger partial charge in [-0.05, 0) is 41.5 Å². The number of hydrogen-bond acceptors (Lipinski definition) is 5. The molecule has 0 saturated carbocycles. The predicted molar refractivity (Wildman–Crippen MR) is 111 cm³/mol. The summed E-state index contributed by atoms with van der Waals surface area (Å²) in [5.74, 6) is -0.488. The molecule has 0 radical (unpaired) electrons. The van der Waals surface area contributed by atoms with Crippen LogP contribution in [0.3, 0.4) is 0 Å². The Balaban J connectivity index is 1.43. The first-order valence-corrected chi connectivity index (χ1v) is 9.56. The first-order chi connectivity index (χ1) is 14.5. The molecule has 1 N–H and O–H groups in total. The normalized spacial score (nSPS) is 14.4. The molecule has 0 spiro atoms. The van der Waals surface area contributed by atoms with Gasteiger partial charge < -0.3 is 10.1 Å². The van der Waals surface area contributed by atoms with Crippen molar-refractivity contribution in [3.8, 4) is 5.75 Å².